The third-order valence-electron chi connectivity index (χ3n) is 4.84. The van der Waals surface area contributed by atoms with Gasteiger partial charge in [-0.25, -0.2) is 0 Å². The Balaban J connectivity index is 1.76. The summed E-state index contributed by atoms with van der Waals surface area (Å²) in [4.78, 5) is 11.6. The molecule has 0 saturated carbocycles. The Hall–Kier alpha value is -0.830. The Morgan fingerprint density at radius 3 is 2.04 bits per heavy atom. The number of ether oxygens (including phenoxy) is 2. The number of carbonyl (C=O) groups excluding carboxylic acids is 1. The fourth-order valence-electron chi connectivity index (χ4n) is 3.01. The summed E-state index contributed by atoms with van der Waals surface area (Å²) in [5, 5.41) is 0. The van der Waals surface area contributed by atoms with Gasteiger partial charge in [-0.15, -0.1) is 0 Å². The second kappa shape index (κ2) is 15.4. The molecule has 0 aromatic carbocycles. The van der Waals surface area contributed by atoms with Crippen molar-refractivity contribution < 1.29 is 14.3 Å². The van der Waals surface area contributed by atoms with E-state index in [1.54, 1.807) is 0 Å². The molecule has 1 heterocycles. The third kappa shape index (κ3) is 14.1. The zero-order valence-electron chi connectivity index (χ0n) is 16.6. The molecule has 0 amide bonds. The maximum atomic E-state index is 11.6. The molecule has 1 aliphatic heterocycles. The number of esters is 1. The van der Waals surface area contributed by atoms with Gasteiger partial charge >= 0.3 is 5.97 Å². The number of unbranched alkanes of at least 4 members (excludes halogenated alkanes) is 11. The highest BCUT2D eigenvalue weighted by Crippen LogP contribution is 2.17. The van der Waals surface area contributed by atoms with Gasteiger partial charge in [0.15, 0.2) is 0 Å². The van der Waals surface area contributed by atoms with Crippen molar-refractivity contribution in [3.05, 3.63) is 12.2 Å². The van der Waals surface area contributed by atoms with Gasteiger partial charge in [0.2, 0.25) is 0 Å². The summed E-state index contributed by atoms with van der Waals surface area (Å²) in [6.07, 6.45) is 21.9. The van der Waals surface area contributed by atoms with Crippen LogP contribution in [0.2, 0.25) is 0 Å². The molecule has 0 radical (unpaired) electrons. The van der Waals surface area contributed by atoms with Crippen LogP contribution in [0.3, 0.4) is 0 Å². The molecule has 2 atom stereocenters. The molecule has 1 aliphatic rings. The van der Waals surface area contributed by atoms with Crippen LogP contribution in [0.1, 0.15) is 104 Å². The normalized spacial score (nSPS) is 17.8. The van der Waals surface area contributed by atoms with Crippen molar-refractivity contribution in [1.29, 1.82) is 0 Å². The standard InChI is InChI=1S/C22H40O3/c1-3-4-5-6-7-8-9-10-11-12-13-14-15-16-17-18-22(23)25-20(2)21-19-24-21/h10-11,20-21H,3-9,12-19H2,1-2H3/b11-10-. The van der Waals surface area contributed by atoms with Crippen LogP contribution >= 0.6 is 0 Å². The van der Waals surface area contributed by atoms with Gasteiger partial charge in [-0.3, -0.25) is 4.79 Å². The minimum absolute atomic E-state index is 0.0689. The highest BCUT2D eigenvalue weighted by atomic mass is 16.6. The Morgan fingerprint density at radius 2 is 1.48 bits per heavy atom. The average Bonchev–Trinajstić information content (AvgIpc) is 3.43. The number of hydrogen-bond donors (Lipinski definition) is 0. The maximum Gasteiger partial charge on any atom is 0.306 e. The molecule has 3 nitrogen and oxygen atoms in total. The maximum absolute atomic E-state index is 11.6. The fraction of sp³-hybridized carbons (Fsp3) is 0.864. The second-order valence-electron chi connectivity index (χ2n) is 7.40. The topological polar surface area (TPSA) is 38.8 Å². The molecule has 0 aromatic rings. The molecule has 3 heteroatoms. The lowest BCUT2D eigenvalue weighted by Crippen LogP contribution is -2.19. The first-order valence-electron chi connectivity index (χ1n) is 10.7. The summed E-state index contributed by atoms with van der Waals surface area (Å²) < 4.78 is 10.4. The summed E-state index contributed by atoms with van der Waals surface area (Å²) >= 11 is 0. The number of rotatable bonds is 17. The van der Waals surface area contributed by atoms with Crippen LogP contribution in [0.5, 0.6) is 0 Å². The Morgan fingerprint density at radius 1 is 0.960 bits per heavy atom. The van der Waals surface area contributed by atoms with E-state index in [1.165, 1.54) is 70.6 Å². The Kier molecular flexibility index (Phi) is 13.7. The summed E-state index contributed by atoms with van der Waals surface area (Å²) in [6, 6.07) is 0. The lowest BCUT2D eigenvalue weighted by atomic mass is 10.1. The quantitative estimate of drug-likeness (QED) is 0.132. The lowest BCUT2D eigenvalue weighted by molar-refractivity contribution is -0.149. The molecule has 146 valence electrons. The van der Waals surface area contributed by atoms with Crippen molar-refractivity contribution >= 4 is 5.97 Å². The van der Waals surface area contributed by atoms with Crippen LogP contribution in [0.25, 0.3) is 0 Å². The monoisotopic (exact) mass is 352 g/mol. The number of carbonyl (C=O) groups is 1. The van der Waals surface area contributed by atoms with Crippen LogP contribution in [0.15, 0.2) is 12.2 Å². The predicted molar refractivity (Wildman–Crippen MR) is 105 cm³/mol. The van der Waals surface area contributed by atoms with Crippen LogP contribution in [-0.2, 0) is 14.3 Å². The molecule has 1 saturated heterocycles. The smallest absolute Gasteiger partial charge is 0.306 e. The molecule has 2 unspecified atom stereocenters. The Bertz CT molecular complexity index is 347. The SMILES string of the molecule is CCCCCCCC/C=C\CCCCCCCC(=O)OC(C)C1CO1. The summed E-state index contributed by atoms with van der Waals surface area (Å²) in [5.74, 6) is -0.0689. The first kappa shape index (κ1) is 22.2. The molecule has 0 bridgehead atoms. The van der Waals surface area contributed by atoms with E-state index in [0.717, 1.165) is 19.4 Å². The zero-order valence-corrected chi connectivity index (χ0v) is 16.6. The second-order valence-corrected chi connectivity index (χ2v) is 7.40. The first-order chi connectivity index (χ1) is 12.2. The minimum atomic E-state index is -0.0735. The van der Waals surface area contributed by atoms with Crippen LogP contribution < -0.4 is 0 Å². The Labute approximate surface area is 155 Å². The van der Waals surface area contributed by atoms with Gasteiger partial charge < -0.3 is 9.47 Å². The van der Waals surface area contributed by atoms with Crippen molar-refractivity contribution in [3.8, 4) is 0 Å². The molecular weight excluding hydrogens is 312 g/mol. The van der Waals surface area contributed by atoms with E-state index < -0.39 is 0 Å². The predicted octanol–water partition coefficient (Wildman–Crippen LogP) is 6.35. The van der Waals surface area contributed by atoms with E-state index in [4.69, 9.17) is 9.47 Å². The first-order valence-corrected chi connectivity index (χ1v) is 10.7. The van der Waals surface area contributed by atoms with Crippen molar-refractivity contribution in [2.24, 2.45) is 0 Å². The van der Waals surface area contributed by atoms with Crippen molar-refractivity contribution in [2.75, 3.05) is 6.61 Å². The molecule has 0 N–H and O–H groups in total. The van der Waals surface area contributed by atoms with Gasteiger partial charge in [0.25, 0.3) is 0 Å². The molecule has 0 aliphatic carbocycles. The van der Waals surface area contributed by atoms with Gasteiger partial charge in [0, 0.05) is 6.42 Å². The van der Waals surface area contributed by atoms with E-state index in [1.807, 2.05) is 6.92 Å². The number of allylic oxidation sites excluding steroid dienone is 2. The average molecular weight is 353 g/mol. The van der Waals surface area contributed by atoms with E-state index in [-0.39, 0.29) is 18.2 Å². The van der Waals surface area contributed by atoms with Gasteiger partial charge in [0.1, 0.15) is 12.2 Å². The molecule has 0 aromatic heterocycles. The van der Waals surface area contributed by atoms with Gasteiger partial charge in [-0.2, -0.15) is 0 Å². The van der Waals surface area contributed by atoms with Crippen molar-refractivity contribution in [1.82, 2.24) is 0 Å². The van der Waals surface area contributed by atoms with Crippen LogP contribution in [0.4, 0.5) is 0 Å². The van der Waals surface area contributed by atoms with Crippen LogP contribution in [0, 0.1) is 0 Å². The van der Waals surface area contributed by atoms with Gasteiger partial charge in [0.05, 0.1) is 6.61 Å². The summed E-state index contributed by atoms with van der Waals surface area (Å²) in [6.45, 7) is 4.92. The van der Waals surface area contributed by atoms with Gasteiger partial charge in [-0.1, -0.05) is 70.4 Å². The van der Waals surface area contributed by atoms with Crippen molar-refractivity contribution in [3.63, 3.8) is 0 Å². The third-order valence-corrected chi connectivity index (χ3v) is 4.84. The largest absolute Gasteiger partial charge is 0.460 e. The fourth-order valence-corrected chi connectivity index (χ4v) is 3.01. The highest BCUT2D eigenvalue weighted by Gasteiger charge is 2.31. The lowest BCUT2D eigenvalue weighted by Gasteiger charge is -2.10. The molecule has 1 rings (SSSR count). The summed E-state index contributed by atoms with van der Waals surface area (Å²) in [7, 11) is 0. The number of hydrogen-bond acceptors (Lipinski definition) is 3. The van der Waals surface area contributed by atoms with E-state index in [9.17, 15) is 4.79 Å². The van der Waals surface area contributed by atoms with Gasteiger partial charge in [-0.05, 0) is 39.0 Å². The van der Waals surface area contributed by atoms with E-state index in [2.05, 4.69) is 19.1 Å². The highest BCUT2D eigenvalue weighted by molar-refractivity contribution is 5.69. The number of epoxide rings is 1. The summed E-state index contributed by atoms with van der Waals surface area (Å²) in [5.41, 5.74) is 0. The molecule has 0 spiro atoms. The molecule has 25 heavy (non-hydrogen) atoms. The zero-order chi connectivity index (χ0) is 18.2. The van der Waals surface area contributed by atoms with E-state index >= 15 is 0 Å². The molecular formula is C22H40O3. The van der Waals surface area contributed by atoms with E-state index in [0.29, 0.717) is 6.42 Å². The molecule has 1 fully saturated rings. The van der Waals surface area contributed by atoms with Crippen LogP contribution in [-0.4, -0.2) is 24.8 Å². The van der Waals surface area contributed by atoms with Crippen molar-refractivity contribution in [2.45, 2.75) is 116 Å². The minimum Gasteiger partial charge on any atom is -0.460 e.